The molecule has 1 unspecified atom stereocenters. The Hall–Kier alpha value is -2.96. The molecule has 1 fully saturated rings. The number of carbonyl (C=O) groups is 1. The summed E-state index contributed by atoms with van der Waals surface area (Å²) < 4.78 is 13.1. The van der Waals surface area contributed by atoms with Crippen LogP contribution in [0.2, 0.25) is 0 Å². The Morgan fingerprint density at radius 3 is 2.80 bits per heavy atom. The maximum atomic E-state index is 13.1. The van der Waals surface area contributed by atoms with Crippen LogP contribution in [0.1, 0.15) is 34.8 Å². The topological polar surface area (TPSA) is 77.7 Å². The van der Waals surface area contributed by atoms with Gasteiger partial charge in [0.15, 0.2) is 0 Å². The molecule has 4 rings (SSSR count). The molecule has 1 saturated heterocycles. The fraction of sp³-hybridized carbons (Fsp3) is 0.278. The number of nitrogens with one attached hydrogen (secondary N) is 2. The van der Waals surface area contributed by atoms with Gasteiger partial charge in [-0.2, -0.15) is 10.2 Å². The van der Waals surface area contributed by atoms with Gasteiger partial charge in [0.05, 0.1) is 5.69 Å². The highest BCUT2D eigenvalue weighted by Crippen LogP contribution is 2.28. The summed E-state index contributed by atoms with van der Waals surface area (Å²) in [5.41, 5.74) is 3.21. The molecule has 0 aliphatic carbocycles. The predicted molar refractivity (Wildman–Crippen MR) is 90.4 cm³/mol. The number of H-pyrrole nitrogens is 2. The van der Waals surface area contributed by atoms with Crippen molar-refractivity contribution in [1.82, 2.24) is 25.3 Å². The fourth-order valence-electron chi connectivity index (χ4n) is 3.27. The van der Waals surface area contributed by atoms with E-state index in [1.54, 1.807) is 6.20 Å². The number of carbonyl (C=O) groups excluding carboxylic acids is 1. The predicted octanol–water partition coefficient (Wildman–Crippen LogP) is 2.96. The van der Waals surface area contributed by atoms with Crippen molar-refractivity contribution in [3.63, 3.8) is 0 Å². The number of halogens is 1. The molecule has 3 heterocycles. The number of piperidine rings is 1. The monoisotopic (exact) mass is 339 g/mol. The second-order valence-corrected chi connectivity index (χ2v) is 6.28. The number of likely N-dealkylation sites (tertiary alicyclic amines) is 1. The Labute approximate surface area is 144 Å². The lowest BCUT2D eigenvalue weighted by Crippen LogP contribution is -2.39. The molecule has 128 valence electrons. The first-order valence-corrected chi connectivity index (χ1v) is 8.30. The van der Waals surface area contributed by atoms with Gasteiger partial charge >= 0.3 is 0 Å². The molecule has 0 spiro atoms. The minimum absolute atomic E-state index is 0.0574. The number of aromatic nitrogens is 4. The molecular formula is C18H18FN5O. The van der Waals surface area contributed by atoms with Gasteiger partial charge in [0.25, 0.3) is 5.91 Å². The van der Waals surface area contributed by atoms with Crippen molar-refractivity contribution < 1.29 is 9.18 Å². The molecule has 1 amide bonds. The molecule has 6 nitrogen and oxygen atoms in total. The van der Waals surface area contributed by atoms with Crippen LogP contribution in [0.5, 0.6) is 0 Å². The van der Waals surface area contributed by atoms with Gasteiger partial charge < -0.3 is 4.90 Å². The molecule has 25 heavy (non-hydrogen) atoms. The summed E-state index contributed by atoms with van der Waals surface area (Å²) >= 11 is 0. The maximum Gasteiger partial charge on any atom is 0.253 e. The number of hydrogen-bond acceptors (Lipinski definition) is 3. The lowest BCUT2D eigenvalue weighted by atomic mass is 9.94. The Morgan fingerprint density at radius 1 is 1.20 bits per heavy atom. The number of nitrogens with zero attached hydrogens (tertiary/aromatic N) is 3. The third kappa shape index (κ3) is 3.17. The van der Waals surface area contributed by atoms with E-state index < -0.39 is 0 Å². The van der Waals surface area contributed by atoms with E-state index in [1.807, 2.05) is 17.0 Å². The van der Waals surface area contributed by atoms with Crippen molar-refractivity contribution in [2.24, 2.45) is 0 Å². The molecule has 1 atom stereocenters. The minimum atomic E-state index is -0.336. The van der Waals surface area contributed by atoms with E-state index >= 15 is 0 Å². The highest BCUT2D eigenvalue weighted by atomic mass is 19.1. The Morgan fingerprint density at radius 2 is 2.04 bits per heavy atom. The minimum Gasteiger partial charge on any atom is -0.338 e. The lowest BCUT2D eigenvalue weighted by molar-refractivity contribution is 0.0706. The zero-order valence-electron chi connectivity index (χ0n) is 13.6. The summed E-state index contributed by atoms with van der Waals surface area (Å²) in [4.78, 5) is 14.5. The van der Waals surface area contributed by atoms with Crippen molar-refractivity contribution in [2.75, 3.05) is 13.1 Å². The molecule has 1 aliphatic rings. The number of benzene rings is 1. The molecular weight excluding hydrogens is 321 g/mol. The Kier molecular flexibility index (Phi) is 4.05. The smallest absolute Gasteiger partial charge is 0.253 e. The van der Waals surface area contributed by atoms with Crippen molar-refractivity contribution in [2.45, 2.75) is 18.8 Å². The van der Waals surface area contributed by atoms with Gasteiger partial charge in [-0.1, -0.05) is 0 Å². The summed E-state index contributed by atoms with van der Waals surface area (Å²) in [6.07, 6.45) is 3.61. The van der Waals surface area contributed by atoms with Crippen molar-refractivity contribution in [3.8, 4) is 11.4 Å². The maximum absolute atomic E-state index is 13.1. The molecule has 0 radical (unpaired) electrons. The normalized spacial score (nSPS) is 17.6. The van der Waals surface area contributed by atoms with Crippen LogP contribution in [0.15, 0.2) is 42.6 Å². The molecule has 1 aliphatic heterocycles. The van der Waals surface area contributed by atoms with Gasteiger partial charge in [-0.3, -0.25) is 15.0 Å². The van der Waals surface area contributed by atoms with Gasteiger partial charge in [0.2, 0.25) is 0 Å². The first kappa shape index (κ1) is 15.6. The van der Waals surface area contributed by atoms with E-state index in [9.17, 15) is 9.18 Å². The van der Waals surface area contributed by atoms with Crippen molar-refractivity contribution >= 4 is 5.91 Å². The van der Waals surface area contributed by atoms with Gasteiger partial charge in [-0.25, -0.2) is 4.39 Å². The van der Waals surface area contributed by atoms with Crippen LogP contribution in [0, 0.1) is 5.82 Å². The van der Waals surface area contributed by atoms with Crippen molar-refractivity contribution in [3.05, 3.63) is 59.7 Å². The van der Waals surface area contributed by atoms with Crippen LogP contribution in [-0.2, 0) is 0 Å². The van der Waals surface area contributed by atoms with Crippen LogP contribution in [0.3, 0.4) is 0 Å². The third-order valence-corrected chi connectivity index (χ3v) is 4.61. The first-order chi connectivity index (χ1) is 12.2. The quantitative estimate of drug-likeness (QED) is 0.770. The van der Waals surface area contributed by atoms with E-state index in [0.29, 0.717) is 18.7 Å². The van der Waals surface area contributed by atoms with Gasteiger partial charge in [-0.05, 0) is 49.2 Å². The van der Waals surface area contributed by atoms with Crippen LogP contribution in [0.25, 0.3) is 11.4 Å². The molecule has 3 aromatic rings. The average molecular weight is 339 g/mol. The van der Waals surface area contributed by atoms with Gasteiger partial charge in [-0.15, -0.1) is 0 Å². The summed E-state index contributed by atoms with van der Waals surface area (Å²) in [7, 11) is 0. The number of amides is 1. The standard InChI is InChI=1S/C18H18FN5O/c19-14-5-3-12(4-6-14)18(25)24-9-1-2-13(11-24)16-10-17(23-22-16)15-7-8-20-21-15/h3-8,10,13H,1-2,9,11H2,(H,20,21)(H,22,23). The van der Waals surface area contributed by atoms with Crippen LogP contribution >= 0.6 is 0 Å². The first-order valence-electron chi connectivity index (χ1n) is 8.30. The second kappa shape index (κ2) is 6.51. The zero-order valence-corrected chi connectivity index (χ0v) is 13.6. The van der Waals surface area contributed by atoms with Gasteiger partial charge in [0, 0.05) is 36.5 Å². The van der Waals surface area contributed by atoms with E-state index in [2.05, 4.69) is 20.4 Å². The summed E-state index contributed by atoms with van der Waals surface area (Å²) in [6, 6.07) is 9.58. The van der Waals surface area contributed by atoms with Gasteiger partial charge in [0.1, 0.15) is 11.5 Å². The lowest BCUT2D eigenvalue weighted by Gasteiger charge is -2.32. The van der Waals surface area contributed by atoms with Crippen LogP contribution < -0.4 is 0 Å². The Bertz CT molecular complexity index is 856. The summed E-state index contributed by atoms with van der Waals surface area (Å²) in [6.45, 7) is 1.34. The van der Waals surface area contributed by atoms with E-state index in [4.69, 9.17) is 0 Å². The number of hydrogen-bond donors (Lipinski definition) is 2. The Balaban J connectivity index is 1.49. The highest BCUT2D eigenvalue weighted by molar-refractivity contribution is 5.94. The number of rotatable bonds is 3. The van der Waals surface area contributed by atoms with Crippen LogP contribution in [-0.4, -0.2) is 44.3 Å². The second-order valence-electron chi connectivity index (χ2n) is 6.28. The largest absolute Gasteiger partial charge is 0.338 e. The highest BCUT2D eigenvalue weighted by Gasteiger charge is 2.27. The van der Waals surface area contributed by atoms with E-state index in [1.165, 1.54) is 24.3 Å². The molecule has 2 aromatic heterocycles. The SMILES string of the molecule is O=C(c1ccc(F)cc1)N1CCCC(c2cc(-c3ccn[nH]3)n[nH]2)C1. The molecule has 1 aromatic carbocycles. The molecule has 2 N–H and O–H groups in total. The van der Waals surface area contributed by atoms with E-state index in [-0.39, 0.29) is 17.6 Å². The average Bonchev–Trinajstić information content (AvgIpc) is 3.33. The number of aromatic amines is 2. The summed E-state index contributed by atoms with van der Waals surface area (Å²) in [5, 5.41) is 14.2. The van der Waals surface area contributed by atoms with Crippen molar-refractivity contribution in [1.29, 1.82) is 0 Å². The fourth-order valence-corrected chi connectivity index (χ4v) is 3.27. The van der Waals surface area contributed by atoms with Crippen LogP contribution in [0.4, 0.5) is 4.39 Å². The third-order valence-electron chi connectivity index (χ3n) is 4.61. The molecule has 0 saturated carbocycles. The molecule has 7 heteroatoms. The summed E-state index contributed by atoms with van der Waals surface area (Å²) in [5.74, 6) is -0.183. The van der Waals surface area contributed by atoms with E-state index in [0.717, 1.165) is 29.9 Å². The molecule has 0 bridgehead atoms. The zero-order chi connectivity index (χ0) is 17.2.